The molecule has 2 amide bonds. The van der Waals surface area contributed by atoms with E-state index in [1.807, 2.05) is 0 Å². The van der Waals surface area contributed by atoms with Crippen molar-refractivity contribution < 1.29 is 9.90 Å². The topological polar surface area (TPSA) is 78.6 Å². The van der Waals surface area contributed by atoms with E-state index in [0.29, 0.717) is 17.9 Å². The van der Waals surface area contributed by atoms with Crippen LogP contribution in [0.3, 0.4) is 0 Å². The molecule has 4 N–H and O–H groups in total. The number of urea groups is 1. The summed E-state index contributed by atoms with van der Waals surface area (Å²) in [5.41, 5.74) is 6.93. The molecule has 1 saturated carbocycles. The van der Waals surface area contributed by atoms with E-state index in [4.69, 9.17) is 10.8 Å². The molecule has 0 saturated heterocycles. The third-order valence-corrected chi connectivity index (χ3v) is 2.73. The highest BCUT2D eigenvalue weighted by atomic mass is 16.3. The average molecular weight is 235 g/mol. The third-order valence-electron chi connectivity index (χ3n) is 2.73. The minimum Gasteiger partial charge on any atom is -0.399 e. The normalized spacial score (nSPS) is 14.4. The van der Waals surface area contributed by atoms with Gasteiger partial charge in [-0.2, -0.15) is 0 Å². The van der Waals surface area contributed by atoms with Crippen molar-refractivity contribution in [2.24, 2.45) is 0 Å². The number of aliphatic hydroxyl groups is 1. The second-order valence-corrected chi connectivity index (χ2v) is 4.20. The number of carbonyl (C=O) groups is 1. The first-order valence-corrected chi connectivity index (χ1v) is 5.74. The number of amides is 2. The average Bonchev–Trinajstić information content (AvgIpc) is 3.09. The maximum absolute atomic E-state index is 12.0. The minimum absolute atomic E-state index is 0.0130. The van der Waals surface area contributed by atoms with Gasteiger partial charge in [-0.15, -0.1) is 0 Å². The number of rotatable bonds is 4. The lowest BCUT2D eigenvalue weighted by Gasteiger charge is -2.21. The fraction of sp³-hybridized carbons (Fsp3) is 0.417. The number of aliphatic hydroxyl groups excluding tert-OH is 1. The van der Waals surface area contributed by atoms with Crippen LogP contribution in [-0.2, 0) is 0 Å². The quantitative estimate of drug-likeness (QED) is 0.687. The van der Waals surface area contributed by atoms with E-state index in [2.05, 4.69) is 5.32 Å². The van der Waals surface area contributed by atoms with Crippen molar-refractivity contribution >= 4 is 17.4 Å². The van der Waals surface area contributed by atoms with Crippen molar-refractivity contribution in [1.29, 1.82) is 0 Å². The number of nitrogen functional groups attached to an aromatic ring is 1. The molecule has 1 fully saturated rings. The SMILES string of the molecule is Nc1cccc(NC(=O)N(CCO)C2CC2)c1. The maximum atomic E-state index is 12.0. The van der Waals surface area contributed by atoms with E-state index in [0.717, 1.165) is 12.8 Å². The molecule has 0 unspecified atom stereocenters. The highest BCUT2D eigenvalue weighted by Gasteiger charge is 2.32. The van der Waals surface area contributed by atoms with E-state index >= 15 is 0 Å². The molecule has 5 nitrogen and oxygen atoms in total. The molecule has 0 atom stereocenters. The molecule has 0 bridgehead atoms. The van der Waals surface area contributed by atoms with Gasteiger partial charge in [0.15, 0.2) is 0 Å². The highest BCUT2D eigenvalue weighted by Crippen LogP contribution is 2.27. The molecule has 0 aliphatic heterocycles. The van der Waals surface area contributed by atoms with E-state index in [-0.39, 0.29) is 18.7 Å². The van der Waals surface area contributed by atoms with Gasteiger partial charge >= 0.3 is 6.03 Å². The molecule has 1 aromatic rings. The van der Waals surface area contributed by atoms with Gasteiger partial charge in [-0.05, 0) is 31.0 Å². The van der Waals surface area contributed by atoms with E-state index < -0.39 is 0 Å². The summed E-state index contributed by atoms with van der Waals surface area (Å²) < 4.78 is 0. The van der Waals surface area contributed by atoms with E-state index in [1.165, 1.54) is 0 Å². The second kappa shape index (κ2) is 5.05. The number of nitrogens with two attached hydrogens (primary N) is 1. The summed E-state index contributed by atoms with van der Waals surface area (Å²) in [7, 11) is 0. The first-order valence-electron chi connectivity index (χ1n) is 5.74. The number of nitrogens with one attached hydrogen (secondary N) is 1. The Kier molecular flexibility index (Phi) is 3.49. The van der Waals surface area contributed by atoms with Crippen LogP contribution >= 0.6 is 0 Å². The van der Waals surface area contributed by atoms with Crippen LogP contribution in [0.25, 0.3) is 0 Å². The van der Waals surface area contributed by atoms with Gasteiger partial charge in [0.1, 0.15) is 0 Å². The Bertz CT molecular complexity index is 404. The molecular formula is C12H17N3O2. The van der Waals surface area contributed by atoms with Gasteiger partial charge in [-0.1, -0.05) is 6.07 Å². The van der Waals surface area contributed by atoms with Crippen LogP contribution in [0.1, 0.15) is 12.8 Å². The lowest BCUT2D eigenvalue weighted by molar-refractivity contribution is 0.185. The van der Waals surface area contributed by atoms with Crippen molar-refractivity contribution in [3.8, 4) is 0 Å². The third kappa shape index (κ3) is 3.10. The fourth-order valence-corrected chi connectivity index (χ4v) is 1.76. The summed E-state index contributed by atoms with van der Waals surface area (Å²) in [5, 5.41) is 11.7. The Hall–Kier alpha value is -1.75. The largest absolute Gasteiger partial charge is 0.399 e. The Morgan fingerprint density at radius 1 is 1.53 bits per heavy atom. The number of benzene rings is 1. The van der Waals surface area contributed by atoms with Crippen LogP contribution in [-0.4, -0.2) is 35.2 Å². The van der Waals surface area contributed by atoms with E-state index in [9.17, 15) is 4.79 Å². The number of nitrogens with zero attached hydrogens (tertiary/aromatic N) is 1. The summed E-state index contributed by atoms with van der Waals surface area (Å²) in [5.74, 6) is 0. The van der Waals surface area contributed by atoms with Crippen LogP contribution in [0, 0.1) is 0 Å². The first kappa shape index (κ1) is 11.7. The number of carbonyl (C=O) groups excluding carboxylic acids is 1. The van der Waals surface area contributed by atoms with Gasteiger partial charge in [0.25, 0.3) is 0 Å². The molecule has 1 aliphatic carbocycles. The smallest absolute Gasteiger partial charge is 0.322 e. The molecule has 17 heavy (non-hydrogen) atoms. The molecule has 0 heterocycles. The summed E-state index contributed by atoms with van der Waals surface area (Å²) in [6, 6.07) is 7.16. The Morgan fingerprint density at radius 3 is 2.88 bits per heavy atom. The van der Waals surface area contributed by atoms with Crippen LogP contribution in [0.4, 0.5) is 16.2 Å². The van der Waals surface area contributed by atoms with Crippen LogP contribution in [0.15, 0.2) is 24.3 Å². The molecule has 2 rings (SSSR count). The van der Waals surface area contributed by atoms with Crippen LogP contribution in [0.5, 0.6) is 0 Å². The summed E-state index contributed by atoms with van der Waals surface area (Å²) >= 11 is 0. The Balaban J connectivity index is 1.99. The standard InChI is InChI=1S/C12H17N3O2/c13-9-2-1-3-10(8-9)14-12(17)15(6-7-16)11-4-5-11/h1-3,8,11,16H,4-7,13H2,(H,14,17). The molecule has 1 aromatic carbocycles. The molecular weight excluding hydrogens is 218 g/mol. The van der Waals surface area contributed by atoms with Crippen molar-refractivity contribution in [3.63, 3.8) is 0 Å². The molecule has 92 valence electrons. The predicted molar refractivity (Wildman–Crippen MR) is 66.7 cm³/mol. The highest BCUT2D eigenvalue weighted by molar-refractivity contribution is 5.90. The summed E-state index contributed by atoms with van der Waals surface area (Å²) in [6.45, 7) is 0.361. The number of hydrogen-bond acceptors (Lipinski definition) is 3. The van der Waals surface area contributed by atoms with Crippen molar-refractivity contribution in [2.45, 2.75) is 18.9 Å². The van der Waals surface area contributed by atoms with Gasteiger partial charge in [-0.3, -0.25) is 0 Å². The molecule has 5 heteroatoms. The van der Waals surface area contributed by atoms with Crippen molar-refractivity contribution in [1.82, 2.24) is 4.90 Å². The van der Waals surface area contributed by atoms with Gasteiger partial charge in [0.05, 0.1) is 6.61 Å². The molecule has 1 aliphatic rings. The van der Waals surface area contributed by atoms with Crippen molar-refractivity contribution in [3.05, 3.63) is 24.3 Å². The monoisotopic (exact) mass is 235 g/mol. The van der Waals surface area contributed by atoms with Crippen LogP contribution < -0.4 is 11.1 Å². The van der Waals surface area contributed by atoms with Gasteiger partial charge < -0.3 is 21.1 Å². The molecule has 0 aromatic heterocycles. The Morgan fingerprint density at radius 2 is 2.29 bits per heavy atom. The predicted octanol–water partition coefficient (Wildman–Crippen LogP) is 1.26. The van der Waals surface area contributed by atoms with Gasteiger partial charge in [0, 0.05) is 24.0 Å². The maximum Gasteiger partial charge on any atom is 0.322 e. The molecule has 0 spiro atoms. The van der Waals surface area contributed by atoms with Gasteiger partial charge in [0.2, 0.25) is 0 Å². The lowest BCUT2D eigenvalue weighted by Crippen LogP contribution is -2.38. The van der Waals surface area contributed by atoms with E-state index in [1.54, 1.807) is 29.2 Å². The van der Waals surface area contributed by atoms with Gasteiger partial charge in [-0.25, -0.2) is 4.79 Å². The lowest BCUT2D eigenvalue weighted by atomic mass is 10.3. The zero-order chi connectivity index (χ0) is 12.3. The number of anilines is 2. The summed E-state index contributed by atoms with van der Waals surface area (Å²) in [6.07, 6.45) is 2.04. The second-order valence-electron chi connectivity index (χ2n) is 4.20. The Labute approximate surface area is 100 Å². The number of hydrogen-bond donors (Lipinski definition) is 3. The van der Waals surface area contributed by atoms with Crippen LogP contribution in [0.2, 0.25) is 0 Å². The first-order chi connectivity index (χ1) is 8.20. The van der Waals surface area contributed by atoms with Crippen molar-refractivity contribution in [2.75, 3.05) is 24.2 Å². The zero-order valence-corrected chi connectivity index (χ0v) is 9.60. The minimum atomic E-state index is -0.174. The fourth-order valence-electron chi connectivity index (χ4n) is 1.76. The zero-order valence-electron chi connectivity index (χ0n) is 9.60. The summed E-state index contributed by atoms with van der Waals surface area (Å²) in [4.78, 5) is 13.6. The molecule has 0 radical (unpaired) electrons.